The van der Waals surface area contributed by atoms with Crippen LogP contribution in [-0.4, -0.2) is 5.97 Å². The maximum Gasteiger partial charge on any atom is 0.338 e. The van der Waals surface area contributed by atoms with Crippen molar-refractivity contribution < 1.29 is 13.9 Å². The van der Waals surface area contributed by atoms with Gasteiger partial charge in [0, 0.05) is 15.7 Å². The maximum atomic E-state index is 12.9. The summed E-state index contributed by atoms with van der Waals surface area (Å²) in [7, 11) is 0. The van der Waals surface area contributed by atoms with Crippen LogP contribution < -0.4 is 5.73 Å². The van der Waals surface area contributed by atoms with Crippen LogP contribution in [0, 0.1) is 12.7 Å². The summed E-state index contributed by atoms with van der Waals surface area (Å²) in [6.07, 6.45) is 0. The van der Waals surface area contributed by atoms with E-state index in [1.165, 1.54) is 18.2 Å². The largest absolute Gasteiger partial charge is 0.457 e. The van der Waals surface area contributed by atoms with Crippen LogP contribution in [0.15, 0.2) is 34.8 Å². The smallest absolute Gasteiger partial charge is 0.338 e. The fraction of sp³-hybridized carbons (Fsp3) is 0.133. The van der Waals surface area contributed by atoms with Crippen molar-refractivity contribution >= 4 is 39.2 Å². The van der Waals surface area contributed by atoms with Crippen molar-refractivity contribution in [3.05, 3.63) is 62.3 Å². The van der Waals surface area contributed by atoms with Crippen molar-refractivity contribution in [2.45, 2.75) is 13.5 Å². The standard InChI is InChI=1S/C15H12BrClFNO2/c1-8-12(4-10(16)5-14(8)19)15(20)21-7-9-2-3-11(18)6-13(9)17/h2-6H,7,19H2,1H3. The first kappa shape index (κ1) is 15.8. The van der Waals surface area contributed by atoms with Crippen LogP contribution in [0.1, 0.15) is 21.5 Å². The van der Waals surface area contributed by atoms with Gasteiger partial charge in [-0.05, 0) is 36.8 Å². The van der Waals surface area contributed by atoms with E-state index in [0.717, 1.165) is 0 Å². The highest BCUT2D eigenvalue weighted by atomic mass is 79.9. The molecular formula is C15H12BrClFNO2. The predicted molar refractivity (Wildman–Crippen MR) is 83.8 cm³/mol. The zero-order chi connectivity index (χ0) is 15.6. The molecule has 0 atom stereocenters. The Kier molecular flexibility index (Phi) is 4.85. The van der Waals surface area contributed by atoms with E-state index in [9.17, 15) is 9.18 Å². The molecule has 0 aliphatic carbocycles. The van der Waals surface area contributed by atoms with Crippen molar-refractivity contribution in [1.82, 2.24) is 0 Å². The molecule has 21 heavy (non-hydrogen) atoms. The average Bonchev–Trinajstić information content (AvgIpc) is 2.41. The topological polar surface area (TPSA) is 52.3 Å². The van der Waals surface area contributed by atoms with E-state index in [0.29, 0.717) is 26.9 Å². The van der Waals surface area contributed by atoms with Crippen molar-refractivity contribution in [2.24, 2.45) is 0 Å². The number of benzene rings is 2. The lowest BCUT2D eigenvalue weighted by atomic mass is 10.1. The van der Waals surface area contributed by atoms with Gasteiger partial charge in [-0.25, -0.2) is 9.18 Å². The number of hydrogen-bond acceptors (Lipinski definition) is 3. The summed E-state index contributed by atoms with van der Waals surface area (Å²) >= 11 is 9.16. The Balaban J connectivity index is 2.15. The molecular weight excluding hydrogens is 361 g/mol. The Morgan fingerprint density at radius 3 is 2.76 bits per heavy atom. The second-order valence-electron chi connectivity index (χ2n) is 4.48. The summed E-state index contributed by atoms with van der Waals surface area (Å²) in [4.78, 5) is 12.1. The minimum absolute atomic E-state index is 0.0379. The summed E-state index contributed by atoms with van der Waals surface area (Å²) in [5.74, 6) is -0.952. The molecule has 0 heterocycles. The van der Waals surface area contributed by atoms with Gasteiger partial charge in [0.25, 0.3) is 0 Å². The number of esters is 1. The lowest BCUT2D eigenvalue weighted by Gasteiger charge is -2.10. The summed E-state index contributed by atoms with van der Waals surface area (Å²) in [6.45, 7) is 1.70. The first-order valence-electron chi connectivity index (χ1n) is 6.05. The van der Waals surface area contributed by atoms with E-state index in [1.807, 2.05) is 0 Å². The van der Waals surface area contributed by atoms with Crippen LogP contribution in [0.25, 0.3) is 0 Å². The van der Waals surface area contributed by atoms with Gasteiger partial charge in [-0.1, -0.05) is 33.6 Å². The fourth-order valence-corrected chi connectivity index (χ4v) is 2.47. The molecule has 2 aromatic rings. The number of rotatable bonds is 3. The third-order valence-electron chi connectivity index (χ3n) is 3.01. The first-order valence-corrected chi connectivity index (χ1v) is 7.22. The molecule has 6 heteroatoms. The Bertz CT molecular complexity index is 706. The predicted octanol–water partition coefficient (Wildman–Crippen LogP) is 4.49. The lowest BCUT2D eigenvalue weighted by Crippen LogP contribution is -2.09. The number of nitrogens with two attached hydrogens (primary N) is 1. The van der Waals surface area contributed by atoms with E-state index >= 15 is 0 Å². The van der Waals surface area contributed by atoms with Gasteiger partial charge in [0.2, 0.25) is 0 Å². The normalized spacial score (nSPS) is 10.5. The molecule has 0 amide bonds. The van der Waals surface area contributed by atoms with Crippen LogP contribution in [0.5, 0.6) is 0 Å². The summed E-state index contributed by atoms with van der Waals surface area (Å²) in [6, 6.07) is 7.26. The van der Waals surface area contributed by atoms with Crippen LogP contribution >= 0.6 is 27.5 Å². The van der Waals surface area contributed by atoms with Gasteiger partial charge in [-0.15, -0.1) is 0 Å². The number of hydrogen-bond donors (Lipinski definition) is 1. The number of ether oxygens (including phenoxy) is 1. The van der Waals surface area contributed by atoms with Gasteiger partial charge < -0.3 is 10.5 Å². The summed E-state index contributed by atoms with van der Waals surface area (Å²) in [5.41, 5.74) is 7.86. The molecule has 0 fully saturated rings. The molecule has 0 radical (unpaired) electrons. The van der Waals surface area contributed by atoms with Crippen LogP contribution in [-0.2, 0) is 11.3 Å². The van der Waals surface area contributed by atoms with Gasteiger partial charge in [-0.3, -0.25) is 0 Å². The molecule has 0 aliphatic rings. The molecule has 2 N–H and O–H groups in total. The number of halogens is 3. The van der Waals surface area contributed by atoms with Crippen molar-refractivity contribution in [3.8, 4) is 0 Å². The molecule has 0 saturated heterocycles. The Morgan fingerprint density at radius 1 is 1.38 bits per heavy atom. The number of carbonyl (C=O) groups is 1. The number of carbonyl (C=O) groups excluding carboxylic acids is 1. The van der Waals surface area contributed by atoms with E-state index in [-0.39, 0.29) is 11.6 Å². The van der Waals surface area contributed by atoms with E-state index in [1.54, 1.807) is 19.1 Å². The molecule has 0 aliphatic heterocycles. The highest BCUT2D eigenvalue weighted by molar-refractivity contribution is 9.10. The van der Waals surface area contributed by atoms with Gasteiger partial charge in [0.1, 0.15) is 12.4 Å². The first-order chi connectivity index (χ1) is 9.88. The van der Waals surface area contributed by atoms with E-state index in [4.69, 9.17) is 22.1 Å². The minimum atomic E-state index is -0.513. The Morgan fingerprint density at radius 2 is 2.10 bits per heavy atom. The molecule has 3 nitrogen and oxygen atoms in total. The van der Waals surface area contributed by atoms with Crippen LogP contribution in [0.2, 0.25) is 5.02 Å². The quantitative estimate of drug-likeness (QED) is 0.638. The highest BCUT2D eigenvalue weighted by Gasteiger charge is 2.14. The Hall–Kier alpha value is -1.59. The zero-order valence-electron chi connectivity index (χ0n) is 11.1. The molecule has 0 spiro atoms. The molecule has 0 saturated carbocycles. The SMILES string of the molecule is Cc1c(N)cc(Br)cc1C(=O)OCc1ccc(F)cc1Cl. The molecule has 2 aromatic carbocycles. The monoisotopic (exact) mass is 371 g/mol. The minimum Gasteiger partial charge on any atom is -0.457 e. The maximum absolute atomic E-state index is 12.9. The fourth-order valence-electron chi connectivity index (χ4n) is 1.77. The third-order valence-corrected chi connectivity index (χ3v) is 3.82. The molecule has 2 rings (SSSR count). The second kappa shape index (κ2) is 6.45. The zero-order valence-corrected chi connectivity index (χ0v) is 13.5. The van der Waals surface area contributed by atoms with Gasteiger partial charge >= 0.3 is 5.97 Å². The van der Waals surface area contributed by atoms with Gasteiger partial charge in [0.15, 0.2) is 0 Å². The van der Waals surface area contributed by atoms with E-state index < -0.39 is 11.8 Å². The molecule has 110 valence electrons. The average molecular weight is 373 g/mol. The van der Waals surface area contributed by atoms with Gasteiger partial charge in [0.05, 0.1) is 10.6 Å². The van der Waals surface area contributed by atoms with Crippen molar-refractivity contribution in [3.63, 3.8) is 0 Å². The second-order valence-corrected chi connectivity index (χ2v) is 5.80. The van der Waals surface area contributed by atoms with Gasteiger partial charge in [-0.2, -0.15) is 0 Å². The van der Waals surface area contributed by atoms with Crippen molar-refractivity contribution in [2.75, 3.05) is 5.73 Å². The van der Waals surface area contributed by atoms with E-state index in [2.05, 4.69) is 15.9 Å². The van der Waals surface area contributed by atoms with Crippen LogP contribution in [0.3, 0.4) is 0 Å². The summed E-state index contributed by atoms with van der Waals surface area (Å²) in [5, 5.41) is 0.216. The molecule has 0 bridgehead atoms. The summed E-state index contributed by atoms with van der Waals surface area (Å²) < 4.78 is 18.8. The highest BCUT2D eigenvalue weighted by Crippen LogP contribution is 2.24. The Labute approximate surface area is 135 Å². The number of anilines is 1. The third kappa shape index (κ3) is 3.74. The molecule has 0 unspecified atom stereocenters. The lowest BCUT2D eigenvalue weighted by molar-refractivity contribution is 0.0472. The van der Waals surface area contributed by atoms with Crippen molar-refractivity contribution in [1.29, 1.82) is 0 Å². The van der Waals surface area contributed by atoms with Crippen LogP contribution in [0.4, 0.5) is 10.1 Å². The number of nitrogen functional groups attached to an aromatic ring is 1. The molecule has 0 aromatic heterocycles.